The SMILES string of the molecule is COC(=O)[C@@]1(CC(=O)C(c2ccccc2)c2ccccc2)NC(=S)NC(=O)[C@@H]1C#N. The first-order chi connectivity index (χ1) is 14.4. The van der Waals surface area contributed by atoms with Gasteiger partial charge in [0.05, 0.1) is 19.1 Å². The van der Waals surface area contributed by atoms with E-state index >= 15 is 0 Å². The number of nitrogens with one attached hydrogen (secondary N) is 2. The molecule has 0 saturated carbocycles. The fourth-order valence-electron chi connectivity index (χ4n) is 3.68. The second-order valence-corrected chi connectivity index (χ2v) is 7.27. The van der Waals surface area contributed by atoms with Gasteiger partial charge in [0.1, 0.15) is 5.78 Å². The van der Waals surface area contributed by atoms with E-state index < -0.39 is 35.7 Å². The average molecular weight is 421 g/mol. The van der Waals surface area contributed by atoms with E-state index in [2.05, 4.69) is 10.6 Å². The Kier molecular flexibility index (Phi) is 6.23. The minimum absolute atomic E-state index is 0.138. The van der Waals surface area contributed by atoms with E-state index in [0.717, 1.165) is 18.2 Å². The van der Waals surface area contributed by atoms with Crippen LogP contribution in [0.5, 0.6) is 0 Å². The number of thiocarbonyl (C=S) groups is 1. The van der Waals surface area contributed by atoms with Gasteiger partial charge in [-0.3, -0.25) is 9.59 Å². The molecule has 3 rings (SSSR count). The number of hydrogen-bond donors (Lipinski definition) is 2. The van der Waals surface area contributed by atoms with Gasteiger partial charge in [0.25, 0.3) is 0 Å². The van der Waals surface area contributed by atoms with Crippen molar-refractivity contribution < 1.29 is 19.1 Å². The summed E-state index contributed by atoms with van der Waals surface area (Å²) in [5.41, 5.74) is -0.461. The molecule has 0 bridgehead atoms. The third kappa shape index (κ3) is 3.93. The number of esters is 1. The average Bonchev–Trinajstić information content (AvgIpc) is 2.74. The van der Waals surface area contributed by atoms with Crippen LogP contribution in [0.15, 0.2) is 60.7 Å². The van der Waals surface area contributed by atoms with Crippen molar-refractivity contribution in [2.75, 3.05) is 7.11 Å². The van der Waals surface area contributed by atoms with Gasteiger partial charge >= 0.3 is 5.97 Å². The lowest BCUT2D eigenvalue weighted by Crippen LogP contribution is -2.70. The fourth-order valence-corrected chi connectivity index (χ4v) is 3.97. The van der Waals surface area contributed by atoms with Crippen LogP contribution in [0.3, 0.4) is 0 Å². The Hall–Kier alpha value is -3.57. The molecule has 0 aromatic heterocycles. The highest BCUT2D eigenvalue weighted by Gasteiger charge is 2.56. The summed E-state index contributed by atoms with van der Waals surface area (Å²) in [5, 5.41) is 14.5. The second-order valence-electron chi connectivity index (χ2n) is 6.87. The van der Waals surface area contributed by atoms with E-state index in [1.165, 1.54) is 0 Å². The monoisotopic (exact) mass is 421 g/mol. The maximum absolute atomic E-state index is 13.6. The molecule has 0 unspecified atom stereocenters. The molecule has 1 amide bonds. The molecule has 7 nitrogen and oxygen atoms in total. The molecular weight excluding hydrogens is 402 g/mol. The van der Waals surface area contributed by atoms with Gasteiger partial charge in [-0.05, 0) is 23.3 Å². The van der Waals surface area contributed by atoms with Crippen molar-refractivity contribution in [2.45, 2.75) is 17.9 Å². The normalized spacial score (nSPS) is 20.6. The highest BCUT2D eigenvalue weighted by atomic mass is 32.1. The Morgan fingerprint density at radius 1 is 1.13 bits per heavy atom. The van der Waals surface area contributed by atoms with Gasteiger partial charge in [0.2, 0.25) is 5.91 Å². The number of nitrogens with zero attached hydrogens (tertiary/aromatic N) is 1. The first-order valence-corrected chi connectivity index (χ1v) is 9.57. The lowest BCUT2D eigenvalue weighted by molar-refractivity contribution is -0.154. The maximum atomic E-state index is 13.6. The summed E-state index contributed by atoms with van der Waals surface area (Å²) in [7, 11) is 1.13. The molecule has 2 aromatic rings. The summed E-state index contributed by atoms with van der Waals surface area (Å²) >= 11 is 5.03. The highest BCUT2D eigenvalue weighted by molar-refractivity contribution is 7.80. The number of methoxy groups -OCH3 is 1. The minimum Gasteiger partial charge on any atom is -0.467 e. The van der Waals surface area contributed by atoms with Crippen molar-refractivity contribution in [3.8, 4) is 6.07 Å². The summed E-state index contributed by atoms with van der Waals surface area (Å²) < 4.78 is 4.87. The summed E-state index contributed by atoms with van der Waals surface area (Å²) in [5.74, 6) is -4.21. The molecule has 0 spiro atoms. The van der Waals surface area contributed by atoms with Gasteiger partial charge in [0, 0.05) is 6.42 Å². The molecule has 2 atom stereocenters. The largest absolute Gasteiger partial charge is 0.467 e. The van der Waals surface area contributed by atoms with Crippen LogP contribution in [-0.4, -0.2) is 35.4 Å². The first kappa shape index (κ1) is 21.1. The third-order valence-electron chi connectivity index (χ3n) is 5.05. The van der Waals surface area contributed by atoms with Crippen LogP contribution >= 0.6 is 12.2 Å². The standard InChI is InChI=1S/C22H19N3O4S/c1-29-20(28)22(16(13-23)19(27)24-21(30)25-22)12-17(26)18(14-8-4-2-5-9-14)15-10-6-3-7-11-15/h2-11,16,18H,12H2,1H3,(H2,24,25,27,30)/t16-,22-/m0/s1. The summed E-state index contributed by atoms with van der Waals surface area (Å²) in [6.07, 6.45) is -0.458. The molecular formula is C22H19N3O4S. The molecule has 0 radical (unpaired) electrons. The molecule has 2 aromatic carbocycles. The number of nitriles is 1. The number of amides is 1. The summed E-state index contributed by atoms with van der Waals surface area (Å²) in [4.78, 5) is 38.7. The van der Waals surface area contributed by atoms with Crippen LogP contribution < -0.4 is 10.6 Å². The van der Waals surface area contributed by atoms with Crippen molar-refractivity contribution in [1.82, 2.24) is 10.6 Å². The zero-order valence-corrected chi connectivity index (χ0v) is 16.9. The number of carbonyl (C=O) groups excluding carboxylic acids is 3. The van der Waals surface area contributed by atoms with E-state index in [0.29, 0.717) is 0 Å². The van der Waals surface area contributed by atoms with Crippen molar-refractivity contribution >= 4 is 35.0 Å². The lowest BCUT2D eigenvalue weighted by atomic mass is 9.74. The molecule has 2 N–H and O–H groups in total. The zero-order valence-electron chi connectivity index (χ0n) is 16.1. The van der Waals surface area contributed by atoms with Crippen LogP contribution in [0, 0.1) is 17.2 Å². The molecule has 1 saturated heterocycles. The van der Waals surface area contributed by atoms with Crippen LogP contribution in [0.1, 0.15) is 23.5 Å². The Labute approximate surface area is 179 Å². The fraction of sp³-hybridized carbons (Fsp3) is 0.227. The molecule has 1 aliphatic rings. The minimum atomic E-state index is -1.91. The van der Waals surface area contributed by atoms with E-state index in [4.69, 9.17) is 17.0 Å². The Balaban J connectivity index is 2.07. The van der Waals surface area contributed by atoms with E-state index in [1.807, 2.05) is 66.7 Å². The molecule has 30 heavy (non-hydrogen) atoms. The highest BCUT2D eigenvalue weighted by Crippen LogP contribution is 2.33. The van der Waals surface area contributed by atoms with Gasteiger partial charge in [-0.1, -0.05) is 60.7 Å². The number of carbonyl (C=O) groups is 3. The Morgan fingerprint density at radius 3 is 2.13 bits per heavy atom. The van der Waals surface area contributed by atoms with Crippen LogP contribution in [-0.2, 0) is 19.1 Å². The number of rotatable bonds is 6. The van der Waals surface area contributed by atoms with Crippen molar-refractivity contribution in [2.24, 2.45) is 5.92 Å². The van der Waals surface area contributed by atoms with Gasteiger partial charge in [-0.25, -0.2) is 4.79 Å². The Bertz CT molecular complexity index is 980. The van der Waals surface area contributed by atoms with E-state index in [-0.39, 0.29) is 10.9 Å². The molecule has 1 fully saturated rings. The number of ketones is 1. The molecule has 1 aliphatic heterocycles. The van der Waals surface area contributed by atoms with Gasteiger partial charge in [-0.2, -0.15) is 5.26 Å². The smallest absolute Gasteiger partial charge is 0.333 e. The van der Waals surface area contributed by atoms with Crippen LogP contribution in [0.2, 0.25) is 0 Å². The quantitative estimate of drug-likeness (QED) is 0.541. The Morgan fingerprint density at radius 2 is 1.67 bits per heavy atom. The van der Waals surface area contributed by atoms with Crippen LogP contribution in [0.25, 0.3) is 0 Å². The number of ether oxygens (including phenoxy) is 1. The molecule has 1 heterocycles. The number of benzene rings is 2. The number of Topliss-reactive ketones (excluding diaryl/α,β-unsaturated/α-hetero) is 1. The zero-order chi connectivity index (χ0) is 21.7. The van der Waals surface area contributed by atoms with Crippen molar-refractivity contribution in [3.05, 3.63) is 71.8 Å². The summed E-state index contributed by atoms with van der Waals surface area (Å²) in [6.45, 7) is 0. The maximum Gasteiger partial charge on any atom is 0.333 e. The lowest BCUT2D eigenvalue weighted by Gasteiger charge is -2.39. The summed E-state index contributed by atoms with van der Waals surface area (Å²) in [6, 6.07) is 20.0. The molecule has 152 valence electrons. The predicted octanol–water partition coefficient (Wildman–Crippen LogP) is 1.83. The van der Waals surface area contributed by atoms with Gasteiger partial charge in [0.15, 0.2) is 16.6 Å². The van der Waals surface area contributed by atoms with E-state index in [1.54, 1.807) is 0 Å². The van der Waals surface area contributed by atoms with Crippen LogP contribution in [0.4, 0.5) is 0 Å². The topological polar surface area (TPSA) is 108 Å². The second kappa shape index (κ2) is 8.84. The van der Waals surface area contributed by atoms with Crippen molar-refractivity contribution in [1.29, 1.82) is 5.26 Å². The van der Waals surface area contributed by atoms with E-state index in [9.17, 15) is 19.6 Å². The van der Waals surface area contributed by atoms with Gasteiger partial charge < -0.3 is 15.4 Å². The van der Waals surface area contributed by atoms with Gasteiger partial charge in [-0.15, -0.1) is 0 Å². The molecule has 8 heteroatoms. The first-order valence-electron chi connectivity index (χ1n) is 9.16. The third-order valence-corrected chi connectivity index (χ3v) is 5.25. The molecule has 0 aliphatic carbocycles. The van der Waals surface area contributed by atoms with Crippen molar-refractivity contribution in [3.63, 3.8) is 0 Å². The predicted molar refractivity (Wildman–Crippen MR) is 112 cm³/mol. The number of hydrogen-bond acceptors (Lipinski definition) is 6.